The van der Waals surface area contributed by atoms with Crippen LogP contribution in [-0.4, -0.2) is 37.0 Å². The number of nitrogens with one attached hydrogen (secondary N) is 3. The van der Waals surface area contributed by atoms with Gasteiger partial charge >= 0.3 is 0 Å². The molecule has 0 aliphatic rings. The van der Waals surface area contributed by atoms with Gasteiger partial charge in [0, 0.05) is 18.6 Å². The highest BCUT2D eigenvalue weighted by atomic mass is 16.2. The Morgan fingerprint density at radius 2 is 1.68 bits per heavy atom. The summed E-state index contributed by atoms with van der Waals surface area (Å²) in [6.07, 6.45) is 0.977. The van der Waals surface area contributed by atoms with E-state index in [-0.39, 0.29) is 23.4 Å². The molecular formula is C20H34N4O. The average molecular weight is 347 g/mol. The fourth-order valence-corrected chi connectivity index (χ4v) is 2.48. The average Bonchev–Trinajstić information content (AvgIpc) is 2.49. The zero-order valence-corrected chi connectivity index (χ0v) is 16.6. The van der Waals surface area contributed by atoms with Gasteiger partial charge < -0.3 is 16.0 Å². The van der Waals surface area contributed by atoms with Crippen LogP contribution in [0.3, 0.4) is 0 Å². The first-order chi connectivity index (χ1) is 11.6. The number of carbonyl (C=O) groups excluding carboxylic acids is 1. The Labute approximate surface area is 152 Å². The van der Waals surface area contributed by atoms with E-state index in [0.29, 0.717) is 5.96 Å². The molecule has 0 unspecified atom stereocenters. The Balaban J connectivity index is 2.58. The van der Waals surface area contributed by atoms with Gasteiger partial charge in [-0.3, -0.25) is 4.79 Å². The number of hydrogen-bond donors (Lipinski definition) is 3. The van der Waals surface area contributed by atoms with Crippen LogP contribution in [0.25, 0.3) is 0 Å². The predicted octanol–water partition coefficient (Wildman–Crippen LogP) is 2.73. The highest BCUT2D eigenvalue weighted by molar-refractivity contribution is 5.85. The van der Waals surface area contributed by atoms with Crippen LogP contribution in [0.2, 0.25) is 0 Å². The third-order valence-corrected chi connectivity index (χ3v) is 3.50. The van der Waals surface area contributed by atoms with E-state index < -0.39 is 0 Å². The first-order valence-electron chi connectivity index (χ1n) is 8.98. The first-order valence-corrected chi connectivity index (χ1v) is 8.98. The van der Waals surface area contributed by atoms with Crippen molar-refractivity contribution in [2.75, 3.05) is 19.6 Å². The molecule has 0 aromatic heterocycles. The van der Waals surface area contributed by atoms with Crippen LogP contribution in [0.15, 0.2) is 35.3 Å². The second-order valence-electron chi connectivity index (χ2n) is 8.17. The standard InChI is InChI=1S/C20H34N4O/c1-7-21-18(22-14-17(25)24-19(2,3)4)23-15-20(5,6)13-16-11-9-8-10-12-16/h8-12H,7,13-15H2,1-6H3,(H,24,25)(H2,21,22,23). The molecule has 0 saturated carbocycles. The molecule has 0 heterocycles. The highest BCUT2D eigenvalue weighted by Crippen LogP contribution is 2.20. The van der Waals surface area contributed by atoms with Gasteiger partial charge in [-0.15, -0.1) is 0 Å². The van der Waals surface area contributed by atoms with Crippen molar-refractivity contribution in [3.05, 3.63) is 35.9 Å². The fourth-order valence-electron chi connectivity index (χ4n) is 2.48. The van der Waals surface area contributed by atoms with Crippen molar-refractivity contribution >= 4 is 11.9 Å². The SMILES string of the molecule is CCNC(=NCC(=O)NC(C)(C)C)NCC(C)(C)Cc1ccccc1. The molecule has 0 atom stereocenters. The number of guanidine groups is 1. The van der Waals surface area contributed by atoms with Crippen LogP contribution in [0, 0.1) is 5.41 Å². The predicted molar refractivity (Wildman–Crippen MR) is 106 cm³/mol. The summed E-state index contributed by atoms with van der Waals surface area (Å²) in [5, 5.41) is 9.47. The molecule has 0 radical (unpaired) electrons. The van der Waals surface area contributed by atoms with E-state index >= 15 is 0 Å². The quantitative estimate of drug-likeness (QED) is 0.525. The van der Waals surface area contributed by atoms with Crippen LogP contribution in [0.5, 0.6) is 0 Å². The van der Waals surface area contributed by atoms with Gasteiger partial charge in [-0.2, -0.15) is 0 Å². The highest BCUT2D eigenvalue weighted by Gasteiger charge is 2.19. The van der Waals surface area contributed by atoms with Crippen molar-refractivity contribution in [2.24, 2.45) is 10.4 Å². The largest absolute Gasteiger partial charge is 0.357 e. The van der Waals surface area contributed by atoms with Crippen LogP contribution < -0.4 is 16.0 Å². The maximum atomic E-state index is 11.9. The second kappa shape index (κ2) is 9.44. The molecule has 0 saturated heterocycles. The van der Waals surface area contributed by atoms with E-state index in [1.54, 1.807) is 0 Å². The molecule has 1 aromatic rings. The number of aliphatic imine (C=N–C) groups is 1. The summed E-state index contributed by atoms with van der Waals surface area (Å²) in [6.45, 7) is 14.0. The second-order valence-corrected chi connectivity index (χ2v) is 8.17. The molecular weight excluding hydrogens is 312 g/mol. The lowest BCUT2D eigenvalue weighted by atomic mass is 9.86. The molecule has 0 aliphatic carbocycles. The Hall–Kier alpha value is -2.04. The smallest absolute Gasteiger partial charge is 0.242 e. The van der Waals surface area contributed by atoms with Crippen molar-refractivity contribution in [1.82, 2.24) is 16.0 Å². The maximum Gasteiger partial charge on any atom is 0.242 e. The van der Waals surface area contributed by atoms with Gasteiger partial charge in [0.2, 0.25) is 5.91 Å². The Morgan fingerprint density at radius 1 is 1.04 bits per heavy atom. The van der Waals surface area contributed by atoms with Crippen molar-refractivity contribution < 1.29 is 4.79 Å². The first kappa shape index (κ1) is 21.0. The molecule has 0 aliphatic heterocycles. The van der Waals surface area contributed by atoms with Crippen molar-refractivity contribution in [1.29, 1.82) is 0 Å². The lowest BCUT2D eigenvalue weighted by Gasteiger charge is -2.26. The molecule has 1 aromatic carbocycles. The third-order valence-electron chi connectivity index (χ3n) is 3.50. The number of carbonyl (C=O) groups is 1. The Kier molecular flexibility index (Phi) is 7.94. The number of nitrogens with zero attached hydrogens (tertiary/aromatic N) is 1. The van der Waals surface area contributed by atoms with E-state index in [9.17, 15) is 4.79 Å². The summed E-state index contributed by atoms with van der Waals surface area (Å²) < 4.78 is 0. The molecule has 3 N–H and O–H groups in total. The number of amides is 1. The number of benzene rings is 1. The van der Waals surface area contributed by atoms with Crippen molar-refractivity contribution in [3.63, 3.8) is 0 Å². The molecule has 5 nitrogen and oxygen atoms in total. The van der Waals surface area contributed by atoms with Crippen LogP contribution in [0.1, 0.15) is 47.1 Å². The molecule has 5 heteroatoms. The Morgan fingerprint density at radius 3 is 2.24 bits per heavy atom. The molecule has 1 rings (SSSR count). The minimum atomic E-state index is -0.240. The molecule has 0 spiro atoms. The van der Waals surface area contributed by atoms with Crippen molar-refractivity contribution in [3.8, 4) is 0 Å². The Bertz CT molecular complexity index is 559. The van der Waals surface area contributed by atoms with Gasteiger partial charge in [-0.1, -0.05) is 44.2 Å². The van der Waals surface area contributed by atoms with E-state index in [1.807, 2.05) is 33.8 Å². The summed E-state index contributed by atoms with van der Waals surface area (Å²) in [6, 6.07) is 10.5. The van der Waals surface area contributed by atoms with Gasteiger partial charge in [0.25, 0.3) is 0 Å². The lowest BCUT2D eigenvalue weighted by molar-refractivity contribution is -0.121. The minimum Gasteiger partial charge on any atom is -0.357 e. The summed E-state index contributed by atoms with van der Waals surface area (Å²) >= 11 is 0. The summed E-state index contributed by atoms with van der Waals surface area (Å²) in [7, 11) is 0. The third kappa shape index (κ3) is 9.75. The molecule has 0 bridgehead atoms. The number of rotatable bonds is 7. The zero-order chi connectivity index (χ0) is 18.9. The van der Waals surface area contributed by atoms with Crippen molar-refractivity contribution in [2.45, 2.75) is 53.5 Å². The summed E-state index contributed by atoms with van der Waals surface area (Å²) in [5.41, 5.74) is 1.15. The van der Waals surface area contributed by atoms with E-state index in [1.165, 1.54) is 5.56 Å². The van der Waals surface area contributed by atoms with Crippen LogP contribution in [0.4, 0.5) is 0 Å². The lowest BCUT2D eigenvalue weighted by Crippen LogP contribution is -2.45. The summed E-state index contributed by atoms with van der Waals surface area (Å²) in [4.78, 5) is 16.3. The number of hydrogen-bond acceptors (Lipinski definition) is 2. The van der Waals surface area contributed by atoms with E-state index in [4.69, 9.17) is 0 Å². The monoisotopic (exact) mass is 346 g/mol. The van der Waals surface area contributed by atoms with E-state index in [0.717, 1.165) is 19.5 Å². The summed E-state index contributed by atoms with van der Waals surface area (Å²) in [5.74, 6) is 0.598. The zero-order valence-electron chi connectivity index (χ0n) is 16.6. The van der Waals surface area contributed by atoms with Crippen LogP contribution >= 0.6 is 0 Å². The topological polar surface area (TPSA) is 65.5 Å². The molecule has 0 fully saturated rings. The van der Waals surface area contributed by atoms with Gasteiger partial charge in [0.1, 0.15) is 6.54 Å². The van der Waals surface area contributed by atoms with Crippen LogP contribution in [-0.2, 0) is 11.2 Å². The normalized spacial score (nSPS) is 12.6. The van der Waals surface area contributed by atoms with Gasteiger partial charge in [0.05, 0.1) is 0 Å². The minimum absolute atomic E-state index is 0.0746. The van der Waals surface area contributed by atoms with E-state index in [2.05, 4.69) is 59.1 Å². The maximum absolute atomic E-state index is 11.9. The molecule has 1 amide bonds. The van der Waals surface area contributed by atoms with Gasteiger partial charge in [-0.05, 0) is 45.1 Å². The fraction of sp³-hybridized carbons (Fsp3) is 0.600. The van der Waals surface area contributed by atoms with Gasteiger partial charge in [0.15, 0.2) is 5.96 Å². The van der Waals surface area contributed by atoms with Gasteiger partial charge in [-0.25, -0.2) is 4.99 Å². The molecule has 140 valence electrons. The molecule has 25 heavy (non-hydrogen) atoms.